The lowest BCUT2D eigenvalue weighted by Gasteiger charge is -2.14. The quantitative estimate of drug-likeness (QED) is 0.234. The van der Waals surface area contributed by atoms with E-state index < -0.39 is 17.6 Å². The number of hydrogen-bond acceptors (Lipinski definition) is 3. The number of nitrogens with zero attached hydrogens (tertiary/aromatic N) is 2. The second-order valence-electron chi connectivity index (χ2n) is 6.09. The summed E-state index contributed by atoms with van der Waals surface area (Å²) < 4.78 is 58.0. The second-order valence-corrected chi connectivity index (χ2v) is 6.09. The maximum atomic E-state index is 13.2. The smallest absolute Gasteiger partial charge is 0.361 e. The highest BCUT2D eigenvalue weighted by molar-refractivity contribution is 14.0. The zero-order valence-corrected chi connectivity index (χ0v) is 18.8. The van der Waals surface area contributed by atoms with Gasteiger partial charge in [-0.2, -0.15) is 13.2 Å². The molecule has 1 heterocycles. The van der Waals surface area contributed by atoms with E-state index in [-0.39, 0.29) is 36.1 Å². The second kappa shape index (κ2) is 11.4. The molecule has 1 aromatic carbocycles. The minimum Gasteiger partial charge on any atom is -0.361 e. The van der Waals surface area contributed by atoms with E-state index in [1.165, 1.54) is 0 Å². The predicted molar refractivity (Wildman–Crippen MR) is 114 cm³/mol. The van der Waals surface area contributed by atoms with Gasteiger partial charge in [-0.3, -0.25) is 0 Å². The molecule has 2 rings (SSSR count). The molecule has 10 heteroatoms. The van der Waals surface area contributed by atoms with Crippen LogP contribution in [0.2, 0.25) is 0 Å². The van der Waals surface area contributed by atoms with E-state index in [9.17, 15) is 17.6 Å². The van der Waals surface area contributed by atoms with Gasteiger partial charge in [0.15, 0.2) is 5.96 Å². The molecule has 1 aromatic heterocycles. The van der Waals surface area contributed by atoms with E-state index in [1.807, 2.05) is 20.8 Å². The molecule has 29 heavy (non-hydrogen) atoms. The van der Waals surface area contributed by atoms with Crippen LogP contribution in [0, 0.1) is 5.82 Å². The van der Waals surface area contributed by atoms with Crippen molar-refractivity contribution in [3.05, 3.63) is 52.2 Å². The highest BCUT2D eigenvalue weighted by Crippen LogP contribution is 2.32. The fourth-order valence-corrected chi connectivity index (χ4v) is 2.77. The van der Waals surface area contributed by atoms with Crippen LogP contribution in [0.25, 0.3) is 0 Å². The van der Waals surface area contributed by atoms with Crippen molar-refractivity contribution in [3.63, 3.8) is 0 Å². The van der Waals surface area contributed by atoms with Gasteiger partial charge in [0.2, 0.25) is 0 Å². The predicted octanol–water partition coefficient (Wildman–Crippen LogP) is 4.83. The zero-order chi connectivity index (χ0) is 20.7. The maximum absolute atomic E-state index is 13.2. The summed E-state index contributed by atoms with van der Waals surface area (Å²) in [4.78, 5) is 4.22. The van der Waals surface area contributed by atoms with Gasteiger partial charge in [0.1, 0.15) is 11.6 Å². The molecular weight excluding hydrogens is 503 g/mol. The third kappa shape index (κ3) is 6.86. The number of aromatic nitrogens is 1. The summed E-state index contributed by atoms with van der Waals surface area (Å²) in [5.74, 6) is 0.181. The summed E-state index contributed by atoms with van der Waals surface area (Å²) >= 11 is 0. The Kier molecular flexibility index (Phi) is 9.87. The maximum Gasteiger partial charge on any atom is 0.416 e. The Bertz CT molecular complexity index is 800. The number of benzene rings is 1. The van der Waals surface area contributed by atoms with Crippen molar-refractivity contribution in [3.8, 4) is 0 Å². The van der Waals surface area contributed by atoms with E-state index in [1.54, 1.807) is 0 Å². The number of halogens is 5. The molecule has 5 nitrogen and oxygen atoms in total. The van der Waals surface area contributed by atoms with Gasteiger partial charge in [0.05, 0.1) is 17.8 Å². The van der Waals surface area contributed by atoms with E-state index in [2.05, 4.69) is 20.8 Å². The van der Waals surface area contributed by atoms with Crippen LogP contribution >= 0.6 is 24.0 Å². The molecule has 0 bridgehead atoms. The summed E-state index contributed by atoms with van der Waals surface area (Å²) in [6.45, 7) is 6.45. The van der Waals surface area contributed by atoms with Crippen LogP contribution in [-0.2, 0) is 32.1 Å². The van der Waals surface area contributed by atoms with Crippen LogP contribution in [0.5, 0.6) is 0 Å². The molecule has 0 atom stereocenters. The van der Waals surface area contributed by atoms with Gasteiger partial charge in [-0.25, -0.2) is 9.38 Å². The Labute approximate surface area is 184 Å². The molecule has 0 saturated carbocycles. The van der Waals surface area contributed by atoms with Crippen LogP contribution in [0.4, 0.5) is 17.6 Å². The minimum absolute atomic E-state index is 0. The average Bonchev–Trinajstić information content (AvgIpc) is 3.06. The Balaban J connectivity index is 0.00000420. The Morgan fingerprint density at radius 3 is 2.45 bits per heavy atom. The molecule has 2 aromatic rings. The van der Waals surface area contributed by atoms with Gasteiger partial charge in [-0.05, 0) is 31.0 Å². The van der Waals surface area contributed by atoms with E-state index >= 15 is 0 Å². The van der Waals surface area contributed by atoms with Gasteiger partial charge in [0.25, 0.3) is 0 Å². The minimum atomic E-state index is -4.65. The zero-order valence-electron chi connectivity index (χ0n) is 16.5. The fourth-order valence-electron chi connectivity index (χ4n) is 2.77. The Morgan fingerprint density at radius 2 is 1.86 bits per heavy atom. The molecule has 0 radical (unpaired) electrons. The van der Waals surface area contributed by atoms with Crippen molar-refractivity contribution >= 4 is 29.9 Å². The topological polar surface area (TPSA) is 62.5 Å². The third-order valence-electron chi connectivity index (χ3n) is 4.17. The van der Waals surface area contributed by atoms with E-state index in [0.29, 0.717) is 38.0 Å². The number of nitrogens with one attached hydrogen (secondary N) is 2. The van der Waals surface area contributed by atoms with Crippen LogP contribution in [0.1, 0.15) is 48.9 Å². The summed E-state index contributed by atoms with van der Waals surface area (Å²) in [5.41, 5.74) is 0.638. The molecule has 0 aliphatic rings. The molecule has 0 amide bonds. The highest BCUT2D eigenvalue weighted by Gasteiger charge is 2.33. The van der Waals surface area contributed by atoms with Gasteiger partial charge >= 0.3 is 6.18 Å². The first-order valence-electron chi connectivity index (χ1n) is 9.14. The Morgan fingerprint density at radius 1 is 1.14 bits per heavy atom. The SMILES string of the molecule is CCNC(=NCc1ccc(F)cc1C(F)(F)F)NCc1c(CC)noc1CC.I. The molecule has 2 N–H and O–H groups in total. The summed E-state index contributed by atoms with van der Waals surface area (Å²) in [6, 6.07) is 2.59. The number of rotatable bonds is 7. The van der Waals surface area contributed by atoms with Crippen molar-refractivity contribution in [1.82, 2.24) is 15.8 Å². The molecular formula is C19H25F4IN4O. The third-order valence-corrected chi connectivity index (χ3v) is 4.17. The van der Waals surface area contributed by atoms with E-state index in [4.69, 9.17) is 4.52 Å². The lowest BCUT2D eigenvalue weighted by Crippen LogP contribution is -2.37. The lowest BCUT2D eigenvalue weighted by molar-refractivity contribution is -0.138. The summed E-state index contributed by atoms with van der Waals surface area (Å²) in [5, 5.41) is 10.1. The number of guanidine groups is 1. The number of aryl methyl sites for hydroxylation is 2. The van der Waals surface area contributed by atoms with Crippen LogP contribution in [0.15, 0.2) is 27.7 Å². The van der Waals surface area contributed by atoms with Gasteiger partial charge in [0, 0.05) is 25.1 Å². The highest BCUT2D eigenvalue weighted by atomic mass is 127. The van der Waals surface area contributed by atoms with Crippen LogP contribution < -0.4 is 10.6 Å². The molecule has 0 saturated heterocycles. The normalized spacial score (nSPS) is 11.9. The molecule has 0 unspecified atom stereocenters. The number of aliphatic imine (C=N–C) groups is 1. The number of alkyl halides is 3. The van der Waals surface area contributed by atoms with Crippen molar-refractivity contribution in [2.45, 2.75) is 52.9 Å². The molecule has 0 aliphatic carbocycles. The van der Waals surface area contributed by atoms with Gasteiger partial charge in [-0.15, -0.1) is 24.0 Å². The molecule has 162 valence electrons. The molecule has 0 spiro atoms. The summed E-state index contributed by atoms with van der Waals surface area (Å²) in [6.07, 6.45) is -3.26. The number of hydrogen-bond donors (Lipinski definition) is 2. The first-order valence-corrected chi connectivity index (χ1v) is 9.14. The summed E-state index contributed by atoms with van der Waals surface area (Å²) in [7, 11) is 0. The fraction of sp³-hybridized carbons (Fsp3) is 0.474. The van der Waals surface area contributed by atoms with Crippen molar-refractivity contribution < 1.29 is 22.1 Å². The Hall–Kier alpha value is -1.85. The van der Waals surface area contributed by atoms with Crippen molar-refractivity contribution in [2.24, 2.45) is 4.99 Å². The largest absolute Gasteiger partial charge is 0.416 e. The van der Waals surface area contributed by atoms with Crippen LogP contribution in [0.3, 0.4) is 0 Å². The first kappa shape index (κ1) is 25.2. The molecule has 0 aliphatic heterocycles. The standard InChI is InChI=1S/C19H24F4N4O.HI/c1-4-16-14(17(5-2)28-27-16)11-26-18(24-6-3)25-10-12-7-8-13(20)9-15(12)19(21,22)23;/h7-9H,4-6,10-11H2,1-3H3,(H2,24,25,26);1H. The van der Waals surface area contributed by atoms with Gasteiger partial charge in [-0.1, -0.05) is 25.1 Å². The molecule has 0 fully saturated rings. The monoisotopic (exact) mass is 528 g/mol. The van der Waals surface area contributed by atoms with E-state index in [0.717, 1.165) is 29.2 Å². The van der Waals surface area contributed by atoms with Crippen LogP contribution in [-0.4, -0.2) is 17.7 Å². The first-order chi connectivity index (χ1) is 13.3. The lowest BCUT2D eigenvalue weighted by atomic mass is 10.1. The van der Waals surface area contributed by atoms with Crippen molar-refractivity contribution in [1.29, 1.82) is 0 Å². The van der Waals surface area contributed by atoms with Crippen molar-refractivity contribution in [2.75, 3.05) is 6.54 Å². The average molecular weight is 528 g/mol. The van der Waals surface area contributed by atoms with Gasteiger partial charge < -0.3 is 15.2 Å².